The van der Waals surface area contributed by atoms with Gasteiger partial charge in [0.2, 0.25) is 0 Å². The largest absolute Gasteiger partial charge is 0.497 e. The summed E-state index contributed by atoms with van der Waals surface area (Å²) in [7, 11) is 1.66. The average molecular weight is 393 g/mol. The quantitative estimate of drug-likeness (QED) is 0.582. The number of methoxy groups -OCH3 is 1. The van der Waals surface area contributed by atoms with Crippen LogP contribution in [0.3, 0.4) is 0 Å². The number of benzene rings is 2. The summed E-state index contributed by atoms with van der Waals surface area (Å²) in [5, 5.41) is 6.47. The van der Waals surface area contributed by atoms with E-state index in [-0.39, 0.29) is 12.0 Å². The van der Waals surface area contributed by atoms with Crippen molar-refractivity contribution in [3.8, 4) is 17.0 Å². The lowest BCUT2D eigenvalue weighted by Crippen LogP contribution is -2.30. The maximum Gasteiger partial charge on any atom is 0.183 e. The minimum Gasteiger partial charge on any atom is -0.497 e. The van der Waals surface area contributed by atoms with Crippen LogP contribution in [0.4, 0.5) is 5.13 Å². The first kappa shape index (κ1) is 18.7. The van der Waals surface area contributed by atoms with Gasteiger partial charge in [0.1, 0.15) is 11.5 Å². The number of nitrogens with zero attached hydrogens (tertiary/aromatic N) is 1. The van der Waals surface area contributed by atoms with Crippen molar-refractivity contribution in [3.05, 3.63) is 65.5 Å². The first-order valence-corrected chi connectivity index (χ1v) is 10.6. The van der Waals surface area contributed by atoms with Crippen LogP contribution in [0.5, 0.6) is 5.75 Å². The van der Waals surface area contributed by atoms with E-state index in [9.17, 15) is 4.79 Å². The van der Waals surface area contributed by atoms with Crippen molar-refractivity contribution >= 4 is 22.3 Å². The van der Waals surface area contributed by atoms with Crippen LogP contribution in [0, 0.1) is 5.92 Å². The van der Waals surface area contributed by atoms with Crippen LogP contribution in [0.2, 0.25) is 0 Å². The van der Waals surface area contributed by atoms with E-state index in [0.29, 0.717) is 12.2 Å². The molecule has 0 radical (unpaired) electrons. The van der Waals surface area contributed by atoms with Gasteiger partial charge >= 0.3 is 0 Å². The fourth-order valence-electron chi connectivity index (χ4n) is 3.81. The third-order valence-electron chi connectivity index (χ3n) is 5.33. The lowest BCUT2D eigenvalue weighted by atomic mass is 9.80. The van der Waals surface area contributed by atoms with Crippen LogP contribution >= 0.6 is 11.3 Å². The second kappa shape index (κ2) is 8.57. The molecule has 0 spiro atoms. The van der Waals surface area contributed by atoms with Crippen LogP contribution in [0.1, 0.15) is 37.3 Å². The lowest BCUT2D eigenvalue weighted by molar-refractivity contribution is -0.125. The van der Waals surface area contributed by atoms with E-state index in [1.807, 2.05) is 42.5 Å². The number of rotatable bonds is 6. The molecule has 1 saturated carbocycles. The third-order valence-corrected chi connectivity index (χ3v) is 6.11. The zero-order valence-electron chi connectivity index (χ0n) is 15.9. The smallest absolute Gasteiger partial charge is 0.183 e. The number of hydrogen-bond acceptors (Lipinski definition) is 5. The van der Waals surface area contributed by atoms with Gasteiger partial charge in [0.15, 0.2) is 5.13 Å². The number of hydrogen-bond donors (Lipinski definition) is 1. The molecule has 1 N–H and O–H groups in total. The SMILES string of the molecule is COc1ccc(-c2csc(NC(c3ccccc3)C3CCCCC3=O)n2)cc1. The molecule has 0 saturated heterocycles. The van der Waals surface area contributed by atoms with Gasteiger partial charge in [-0.05, 0) is 42.7 Å². The van der Waals surface area contributed by atoms with Crippen LogP contribution in [-0.4, -0.2) is 17.9 Å². The molecule has 2 unspecified atom stereocenters. The van der Waals surface area contributed by atoms with Crippen molar-refractivity contribution in [1.82, 2.24) is 4.98 Å². The molecule has 0 aliphatic heterocycles. The summed E-state index contributed by atoms with van der Waals surface area (Å²) in [6, 6.07) is 18.1. The number of aromatic nitrogens is 1. The highest BCUT2D eigenvalue weighted by Gasteiger charge is 2.31. The van der Waals surface area contributed by atoms with E-state index in [4.69, 9.17) is 9.72 Å². The van der Waals surface area contributed by atoms with Crippen LogP contribution in [-0.2, 0) is 4.79 Å². The molecule has 1 aliphatic rings. The summed E-state index contributed by atoms with van der Waals surface area (Å²) >= 11 is 1.58. The Labute approximate surface area is 169 Å². The Morgan fingerprint density at radius 2 is 1.89 bits per heavy atom. The van der Waals surface area contributed by atoms with E-state index in [1.165, 1.54) is 0 Å². The van der Waals surface area contributed by atoms with Crippen LogP contribution in [0.25, 0.3) is 11.3 Å². The standard InChI is InChI=1S/C23H24N2O2S/c1-27-18-13-11-16(12-14-18)20-15-28-23(24-20)25-22(17-7-3-2-4-8-17)19-9-5-6-10-21(19)26/h2-4,7-8,11-15,19,22H,5-6,9-10H2,1H3,(H,24,25). The van der Waals surface area contributed by atoms with Gasteiger partial charge in [-0.15, -0.1) is 11.3 Å². The van der Waals surface area contributed by atoms with Gasteiger partial charge in [0.25, 0.3) is 0 Å². The molecule has 2 atom stereocenters. The summed E-state index contributed by atoms with van der Waals surface area (Å²) in [5.74, 6) is 1.20. The molecule has 1 aliphatic carbocycles. The maximum atomic E-state index is 12.6. The number of thiazole rings is 1. The van der Waals surface area contributed by atoms with Crippen LogP contribution < -0.4 is 10.1 Å². The highest BCUT2D eigenvalue weighted by Crippen LogP contribution is 2.36. The molecular weight excluding hydrogens is 368 g/mol. The van der Waals surface area contributed by atoms with Crippen molar-refractivity contribution < 1.29 is 9.53 Å². The minimum atomic E-state index is -0.0381. The summed E-state index contributed by atoms with van der Waals surface area (Å²) in [4.78, 5) is 17.4. The second-order valence-electron chi connectivity index (χ2n) is 7.12. The number of carbonyl (C=O) groups excluding carboxylic acids is 1. The predicted octanol–water partition coefficient (Wildman–Crippen LogP) is 5.73. The fourth-order valence-corrected chi connectivity index (χ4v) is 4.56. The molecule has 4 nitrogen and oxygen atoms in total. The van der Waals surface area contributed by atoms with Gasteiger partial charge in [0, 0.05) is 23.3 Å². The van der Waals surface area contributed by atoms with E-state index < -0.39 is 0 Å². The molecular formula is C23H24N2O2S. The topological polar surface area (TPSA) is 51.2 Å². The molecule has 144 valence electrons. The highest BCUT2D eigenvalue weighted by molar-refractivity contribution is 7.14. The van der Waals surface area contributed by atoms with E-state index in [0.717, 1.165) is 47.0 Å². The molecule has 0 bridgehead atoms. The number of ether oxygens (including phenoxy) is 1. The van der Waals surface area contributed by atoms with E-state index >= 15 is 0 Å². The molecule has 5 heteroatoms. The zero-order chi connectivity index (χ0) is 19.3. The molecule has 1 aromatic heterocycles. The second-order valence-corrected chi connectivity index (χ2v) is 7.98. The molecule has 1 heterocycles. The monoisotopic (exact) mass is 392 g/mol. The summed E-state index contributed by atoms with van der Waals surface area (Å²) in [6.45, 7) is 0. The van der Waals surface area contributed by atoms with Crippen LogP contribution in [0.15, 0.2) is 60.0 Å². The van der Waals surface area contributed by atoms with Gasteiger partial charge in [-0.3, -0.25) is 4.79 Å². The van der Waals surface area contributed by atoms with Gasteiger partial charge < -0.3 is 10.1 Å². The summed E-state index contributed by atoms with van der Waals surface area (Å²) in [5.41, 5.74) is 3.12. The fraction of sp³-hybridized carbons (Fsp3) is 0.304. The lowest BCUT2D eigenvalue weighted by Gasteiger charge is -2.30. The number of carbonyl (C=O) groups is 1. The highest BCUT2D eigenvalue weighted by atomic mass is 32.1. The average Bonchev–Trinajstić information content (AvgIpc) is 3.22. The number of Topliss-reactive ketones (excluding diaryl/α,β-unsaturated/α-hetero) is 1. The van der Waals surface area contributed by atoms with E-state index in [1.54, 1.807) is 18.4 Å². The van der Waals surface area contributed by atoms with Gasteiger partial charge in [-0.25, -0.2) is 4.98 Å². The molecule has 0 amide bonds. The third kappa shape index (κ3) is 4.09. The Morgan fingerprint density at radius 1 is 1.11 bits per heavy atom. The molecule has 2 aromatic carbocycles. The Morgan fingerprint density at radius 3 is 2.61 bits per heavy atom. The Kier molecular flexibility index (Phi) is 5.72. The number of anilines is 1. The Bertz CT molecular complexity index is 921. The number of nitrogens with one attached hydrogen (secondary N) is 1. The summed E-state index contributed by atoms with van der Waals surface area (Å²) in [6.07, 6.45) is 3.73. The van der Waals surface area contributed by atoms with Gasteiger partial charge in [0.05, 0.1) is 18.8 Å². The first-order chi connectivity index (χ1) is 13.7. The van der Waals surface area contributed by atoms with Gasteiger partial charge in [-0.2, -0.15) is 0 Å². The van der Waals surface area contributed by atoms with Crippen molar-refractivity contribution in [2.75, 3.05) is 12.4 Å². The zero-order valence-corrected chi connectivity index (χ0v) is 16.7. The molecule has 4 rings (SSSR count). The first-order valence-electron chi connectivity index (χ1n) is 9.69. The maximum absolute atomic E-state index is 12.6. The van der Waals surface area contributed by atoms with Gasteiger partial charge in [-0.1, -0.05) is 36.8 Å². The van der Waals surface area contributed by atoms with Crippen molar-refractivity contribution in [2.45, 2.75) is 31.7 Å². The van der Waals surface area contributed by atoms with E-state index in [2.05, 4.69) is 22.8 Å². The van der Waals surface area contributed by atoms with Crippen molar-refractivity contribution in [2.24, 2.45) is 5.92 Å². The summed E-state index contributed by atoms with van der Waals surface area (Å²) < 4.78 is 5.23. The normalized spacial score (nSPS) is 17.9. The Balaban J connectivity index is 1.58. The van der Waals surface area contributed by atoms with Crippen molar-refractivity contribution in [1.29, 1.82) is 0 Å². The molecule has 1 fully saturated rings. The molecule has 28 heavy (non-hydrogen) atoms. The number of ketones is 1. The molecule has 3 aromatic rings. The van der Waals surface area contributed by atoms with Crippen molar-refractivity contribution in [3.63, 3.8) is 0 Å². The predicted molar refractivity (Wildman–Crippen MR) is 114 cm³/mol. The minimum absolute atomic E-state index is 0.00415. The Hall–Kier alpha value is -2.66.